The molecule has 23 heavy (non-hydrogen) atoms. The van der Waals surface area contributed by atoms with Crippen LogP contribution in [-0.2, 0) is 4.74 Å². The number of aliphatic hydroxyl groups is 3. The van der Waals surface area contributed by atoms with Gasteiger partial charge in [-0.25, -0.2) is 4.57 Å². The lowest BCUT2D eigenvalue weighted by atomic mass is 10.1. The van der Waals surface area contributed by atoms with Gasteiger partial charge in [0.1, 0.15) is 18.3 Å². The summed E-state index contributed by atoms with van der Waals surface area (Å²) in [6.07, 6.45) is -4.80. The number of nitrogens with zero attached hydrogens (tertiary/aromatic N) is 3. The number of nitrogens with one attached hydrogen (secondary N) is 1. The van der Waals surface area contributed by atoms with E-state index in [1.54, 1.807) is 6.92 Å². The van der Waals surface area contributed by atoms with Crippen molar-refractivity contribution in [2.24, 2.45) is 0 Å². The molecule has 0 saturated carbocycles. The first-order valence-corrected chi connectivity index (χ1v) is 7.00. The minimum Gasteiger partial charge on any atom is -0.465 e. The van der Waals surface area contributed by atoms with Crippen molar-refractivity contribution < 1.29 is 24.8 Å². The van der Waals surface area contributed by atoms with Crippen LogP contribution >= 0.6 is 0 Å². The number of anilines is 1. The lowest BCUT2D eigenvalue weighted by molar-refractivity contribution is -0.0541. The number of fused-ring (bicyclic) bond motifs is 1. The summed E-state index contributed by atoms with van der Waals surface area (Å²) in [5.74, 6) is -0.140. The highest BCUT2D eigenvalue weighted by Crippen LogP contribution is 2.34. The van der Waals surface area contributed by atoms with E-state index in [2.05, 4.69) is 15.0 Å². The highest BCUT2D eigenvalue weighted by Gasteiger charge is 2.45. The van der Waals surface area contributed by atoms with Gasteiger partial charge in [0.25, 0.3) is 5.56 Å². The summed E-state index contributed by atoms with van der Waals surface area (Å²) in [5, 5.41) is 29.3. The van der Waals surface area contributed by atoms with Gasteiger partial charge < -0.3 is 30.5 Å². The summed E-state index contributed by atoms with van der Waals surface area (Å²) in [5.41, 5.74) is 4.98. The van der Waals surface area contributed by atoms with Gasteiger partial charge in [0.2, 0.25) is 5.95 Å². The average molecular weight is 327 g/mol. The van der Waals surface area contributed by atoms with Crippen LogP contribution in [0.1, 0.15) is 13.2 Å². The standard InChI is InChI=1S/C12H17N5O6/c1-2-22-12-14-5-8(15-11(13)16-9(5)21)17(12)10-7(20)6(19)4(3-18)23-10/h4,6-7,10,18-20H,2-3H2,1H3,(H3,13,15,16,21). The van der Waals surface area contributed by atoms with Gasteiger partial charge in [0.15, 0.2) is 17.4 Å². The van der Waals surface area contributed by atoms with Crippen molar-refractivity contribution >= 4 is 17.1 Å². The molecule has 11 heteroatoms. The normalized spacial score (nSPS) is 27.7. The van der Waals surface area contributed by atoms with Crippen LogP contribution in [0, 0.1) is 0 Å². The number of aliphatic hydroxyl groups excluding tert-OH is 3. The van der Waals surface area contributed by atoms with Crippen molar-refractivity contribution in [1.29, 1.82) is 0 Å². The number of nitrogens with two attached hydrogens (primary N) is 1. The average Bonchev–Trinajstić information content (AvgIpc) is 2.99. The van der Waals surface area contributed by atoms with E-state index in [1.165, 1.54) is 4.57 Å². The summed E-state index contributed by atoms with van der Waals surface area (Å²) in [7, 11) is 0. The number of H-pyrrole nitrogens is 1. The number of aromatic nitrogens is 4. The molecular weight excluding hydrogens is 310 g/mol. The fraction of sp³-hybridized carbons (Fsp3) is 0.583. The maximum atomic E-state index is 12.0. The fourth-order valence-electron chi connectivity index (χ4n) is 2.53. The van der Waals surface area contributed by atoms with E-state index in [1.807, 2.05) is 0 Å². The smallest absolute Gasteiger partial charge is 0.301 e. The number of ether oxygens (including phenoxy) is 2. The van der Waals surface area contributed by atoms with Gasteiger partial charge in [0.05, 0.1) is 13.2 Å². The molecule has 1 saturated heterocycles. The molecule has 2 aromatic rings. The molecule has 11 nitrogen and oxygen atoms in total. The van der Waals surface area contributed by atoms with Crippen molar-refractivity contribution in [1.82, 2.24) is 19.5 Å². The van der Waals surface area contributed by atoms with E-state index in [4.69, 9.17) is 15.2 Å². The van der Waals surface area contributed by atoms with Gasteiger partial charge in [-0.05, 0) is 6.92 Å². The van der Waals surface area contributed by atoms with Crippen molar-refractivity contribution in [2.75, 3.05) is 18.9 Å². The Bertz CT molecular complexity index is 773. The van der Waals surface area contributed by atoms with Crippen LogP contribution in [0.5, 0.6) is 6.01 Å². The Kier molecular flexibility index (Phi) is 3.93. The highest BCUT2D eigenvalue weighted by molar-refractivity contribution is 5.72. The summed E-state index contributed by atoms with van der Waals surface area (Å²) < 4.78 is 12.1. The second-order valence-electron chi connectivity index (χ2n) is 5.05. The second-order valence-corrected chi connectivity index (χ2v) is 5.05. The Morgan fingerprint density at radius 3 is 2.74 bits per heavy atom. The molecule has 1 fully saturated rings. The molecule has 3 rings (SSSR count). The summed E-state index contributed by atoms with van der Waals surface area (Å²) in [6, 6.07) is -0.0130. The van der Waals surface area contributed by atoms with E-state index in [9.17, 15) is 20.1 Å². The molecule has 0 radical (unpaired) electrons. The number of hydrogen-bond acceptors (Lipinski definition) is 9. The van der Waals surface area contributed by atoms with Gasteiger partial charge in [-0.2, -0.15) is 9.97 Å². The van der Waals surface area contributed by atoms with Crippen LogP contribution in [0.15, 0.2) is 4.79 Å². The number of imidazole rings is 1. The van der Waals surface area contributed by atoms with Crippen LogP contribution in [0.2, 0.25) is 0 Å². The Morgan fingerprint density at radius 2 is 2.13 bits per heavy atom. The fourth-order valence-corrected chi connectivity index (χ4v) is 2.53. The number of nitrogen functional groups attached to an aromatic ring is 1. The van der Waals surface area contributed by atoms with Gasteiger partial charge in [-0.15, -0.1) is 0 Å². The molecule has 0 spiro atoms. The van der Waals surface area contributed by atoms with Gasteiger partial charge in [0, 0.05) is 0 Å². The molecule has 0 amide bonds. The third-order valence-corrected chi connectivity index (χ3v) is 3.58. The molecule has 126 valence electrons. The van der Waals surface area contributed by atoms with Crippen molar-refractivity contribution in [3.8, 4) is 6.01 Å². The molecule has 4 atom stereocenters. The molecule has 0 aliphatic carbocycles. The van der Waals surface area contributed by atoms with E-state index in [0.29, 0.717) is 0 Å². The van der Waals surface area contributed by atoms with Crippen LogP contribution in [0.4, 0.5) is 5.95 Å². The van der Waals surface area contributed by atoms with Crippen LogP contribution in [0.3, 0.4) is 0 Å². The summed E-state index contributed by atoms with van der Waals surface area (Å²) in [4.78, 5) is 22.3. The lowest BCUT2D eigenvalue weighted by Crippen LogP contribution is -2.33. The molecule has 3 heterocycles. The first kappa shape index (κ1) is 15.7. The SMILES string of the molecule is CCOc1nc2c(=O)[nH]c(N)nc2n1C1OC(CO)C(O)C1O. The first-order valence-electron chi connectivity index (χ1n) is 7.00. The molecule has 0 bridgehead atoms. The largest absolute Gasteiger partial charge is 0.465 e. The van der Waals surface area contributed by atoms with Gasteiger partial charge in [-0.3, -0.25) is 9.78 Å². The Labute approximate surface area is 129 Å². The van der Waals surface area contributed by atoms with Crippen molar-refractivity contribution in [3.05, 3.63) is 10.4 Å². The topological polar surface area (TPSA) is 169 Å². The molecule has 1 aliphatic rings. The zero-order chi connectivity index (χ0) is 16.7. The minimum atomic E-state index is -1.37. The van der Waals surface area contributed by atoms with Crippen LogP contribution < -0.4 is 16.0 Å². The third-order valence-electron chi connectivity index (χ3n) is 3.58. The predicted molar refractivity (Wildman–Crippen MR) is 76.7 cm³/mol. The van der Waals surface area contributed by atoms with Crippen molar-refractivity contribution in [3.63, 3.8) is 0 Å². The van der Waals surface area contributed by atoms with Crippen LogP contribution in [-0.4, -0.2) is 66.4 Å². The summed E-state index contributed by atoms with van der Waals surface area (Å²) >= 11 is 0. The number of rotatable bonds is 4. The van der Waals surface area contributed by atoms with Gasteiger partial charge in [-0.1, -0.05) is 0 Å². The molecule has 2 aromatic heterocycles. The monoisotopic (exact) mass is 327 g/mol. The zero-order valence-corrected chi connectivity index (χ0v) is 12.2. The predicted octanol–water partition coefficient (Wildman–Crippen LogP) is -2.29. The van der Waals surface area contributed by atoms with Crippen LogP contribution in [0.25, 0.3) is 11.2 Å². The minimum absolute atomic E-state index is 0.0130. The Balaban J connectivity index is 2.19. The molecular formula is C12H17N5O6. The third kappa shape index (κ3) is 2.43. The maximum absolute atomic E-state index is 12.0. The first-order chi connectivity index (χ1) is 11.0. The summed E-state index contributed by atoms with van der Waals surface area (Å²) in [6.45, 7) is 1.47. The number of aromatic amines is 1. The second kappa shape index (κ2) is 5.77. The lowest BCUT2D eigenvalue weighted by Gasteiger charge is -2.18. The molecule has 4 unspecified atom stereocenters. The quantitative estimate of drug-likeness (QED) is 0.415. The molecule has 0 aromatic carbocycles. The van der Waals surface area contributed by atoms with Gasteiger partial charge >= 0.3 is 6.01 Å². The van der Waals surface area contributed by atoms with E-state index >= 15 is 0 Å². The van der Waals surface area contributed by atoms with Crippen molar-refractivity contribution in [2.45, 2.75) is 31.5 Å². The highest BCUT2D eigenvalue weighted by atomic mass is 16.6. The number of hydrogen-bond donors (Lipinski definition) is 5. The zero-order valence-electron chi connectivity index (χ0n) is 12.2. The molecule has 6 N–H and O–H groups in total. The maximum Gasteiger partial charge on any atom is 0.301 e. The Morgan fingerprint density at radius 1 is 1.39 bits per heavy atom. The van der Waals surface area contributed by atoms with E-state index < -0.39 is 36.7 Å². The van der Waals surface area contributed by atoms with E-state index in [0.717, 1.165) is 0 Å². The Hall–Kier alpha value is -2.21. The molecule has 1 aliphatic heterocycles. The van der Waals surface area contributed by atoms with E-state index in [-0.39, 0.29) is 29.7 Å².